The molecule has 0 amide bonds. The summed E-state index contributed by atoms with van der Waals surface area (Å²) >= 11 is 0. The van der Waals surface area contributed by atoms with E-state index in [1.165, 1.54) is 0 Å². The number of aryl methyl sites for hydroxylation is 1. The van der Waals surface area contributed by atoms with Crippen LogP contribution in [0.5, 0.6) is 0 Å². The van der Waals surface area contributed by atoms with Crippen LogP contribution in [0.25, 0.3) is 0 Å². The fourth-order valence-electron chi connectivity index (χ4n) is 2.07. The van der Waals surface area contributed by atoms with Crippen molar-refractivity contribution in [1.29, 1.82) is 0 Å². The van der Waals surface area contributed by atoms with Gasteiger partial charge in [0.25, 0.3) is 0 Å². The quantitative estimate of drug-likeness (QED) is 0.502. The summed E-state index contributed by atoms with van der Waals surface area (Å²) in [5, 5.41) is 16.5. The maximum atomic E-state index is 8.93. The van der Waals surface area contributed by atoms with E-state index >= 15 is 0 Å². The van der Waals surface area contributed by atoms with E-state index in [-0.39, 0.29) is 5.41 Å². The SMILES string of the molecule is Cn1ncc2c1CC(C)(C)C/C2=N/O. The maximum Gasteiger partial charge on any atom is 0.0907 e. The molecule has 14 heavy (non-hydrogen) atoms. The highest BCUT2D eigenvalue weighted by atomic mass is 16.4. The van der Waals surface area contributed by atoms with Gasteiger partial charge in [0.2, 0.25) is 0 Å². The van der Waals surface area contributed by atoms with Gasteiger partial charge in [-0.3, -0.25) is 4.68 Å². The van der Waals surface area contributed by atoms with Crippen molar-refractivity contribution in [3.63, 3.8) is 0 Å². The summed E-state index contributed by atoms with van der Waals surface area (Å²) in [6, 6.07) is 0. The molecular weight excluding hydrogens is 178 g/mol. The van der Waals surface area contributed by atoms with Gasteiger partial charge in [0.05, 0.1) is 11.9 Å². The van der Waals surface area contributed by atoms with E-state index in [2.05, 4.69) is 24.1 Å². The molecule has 0 saturated heterocycles. The molecule has 0 fully saturated rings. The smallest absolute Gasteiger partial charge is 0.0907 e. The van der Waals surface area contributed by atoms with Crippen LogP contribution < -0.4 is 0 Å². The van der Waals surface area contributed by atoms with Crippen LogP contribution in [0.4, 0.5) is 0 Å². The molecule has 1 N–H and O–H groups in total. The van der Waals surface area contributed by atoms with Gasteiger partial charge in [-0.2, -0.15) is 5.10 Å². The average Bonchev–Trinajstić information content (AvgIpc) is 2.45. The van der Waals surface area contributed by atoms with Gasteiger partial charge < -0.3 is 5.21 Å². The Kier molecular flexibility index (Phi) is 1.87. The van der Waals surface area contributed by atoms with Crippen LogP contribution in [0, 0.1) is 5.41 Å². The summed E-state index contributed by atoms with van der Waals surface area (Å²) < 4.78 is 1.86. The lowest BCUT2D eigenvalue weighted by Gasteiger charge is -2.29. The van der Waals surface area contributed by atoms with Crippen molar-refractivity contribution in [3.05, 3.63) is 17.5 Å². The van der Waals surface area contributed by atoms with E-state index in [1.807, 2.05) is 11.7 Å². The summed E-state index contributed by atoms with van der Waals surface area (Å²) in [4.78, 5) is 0. The number of nitrogens with zero attached hydrogens (tertiary/aromatic N) is 3. The van der Waals surface area contributed by atoms with E-state index < -0.39 is 0 Å². The summed E-state index contributed by atoms with van der Waals surface area (Å²) in [6.07, 6.45) is 3.57. The number of hydrogen-bond donors (Lipinski definition) is 1. The molecule has 0 radical (unpaired) electrons. The lowest BCUT2D eigenvalue weighted by atomic mass is 9.76. The third kappa shape index (κ3) is 1.31. The number of oxime groups is 1. The minimum atomic E-state index is 0.155. The van der Waals surface area contributed by atoms with Gasteiger partial charge in [0.1, 0.15) is 0 Å². The van der Waals surface area contributed by atoms with Gasteiger partial charge in [0, 0.05) is 18.3 Å². The first-order chi connectivity index (χ1) is 6.53. The first-order valence-electron chi connectivity index (χ1n) is 4.76. The topological polar surface area (TPSA) is 50.4 Å². The van der Waals surface area contributed by atoms with Crippen molar-refractivity contribution in [1.82, 2.24) is 9.78 Å². The van der Waals surface area contributed by atoms with E-state index in [0.717, 1.165) is 29.8 Å². The second-order valence-corrected chi connectivity index (χ2v) is 4.69. The molecule has 0 spiro atoms. The lowest BCUT2D eigenvalue weighted by molar-refractivity contribution is 0.305. The van der Waals surface area contributed by atoms with E-state index in [9.17, 15) is 0 Å². The summed E-state index contributed by atoms with van der Waals surface area (Å²) in [5.74, 6) is 0. The Morgan fingerprint density at radius 2 is 2.21 bits per heavy atom. The summed E-state index contributed by atoms with van der Waals surface area (Å²) in [7, 11) is 1.93. The highest BCUT2D eigenvalue weighted by Gasteiger charge is 2.32. The normalized spacial score (nSPS) is 22.4. The molecule has 0 atom stereocenters. The summed E-state index contributed by atoms with van der Waals surface area (Å²) in [5.41, 5.74) is 3.07. The zero-order chi connectivity index (χ0) is 10.3. The van der Waals surface area contributed by atoms with Gasteiger partial charge >= 0.3 is 0 Å². The molecule has 0 bridgehead atoms. The zero-order valence-corrected chi connectivity index (χ0v) is 8.78. The van der Waals surface area contributed by atoms with Gasteiger partial charge in [-0.05, 0) is 18.3 Å². The van der Waals surface area contributed by atoms with Gasteiger partial charge in [-0.1, -0.05) is 19.0 Å². The summed E-state index contributed by atoms with van der Waals surface area (Å²) in [6.45, 7) is 4.35. The van der Waals surface area contributed by atoms with Crippen LogP contribution >= 0.6 is 0 Å². The molecule has 0 aliphatic heterocycles. The average molecular weight is 193 g/mol. The number of aromatic nitrogens is 2. The first kappa shape index (κ1) is 9.24. The van der Waals surface area contributed by atoms with Crippen LogP contribution in [0.2, 0.25) is 0 Å². The second-order valence-electron chi connectivity index (χ2n) is 4.69. The fraction of sp³-hybridized carbons (Fsp3) is 0.600. The molecule has 1 aromatic rings. The van der Waals surface area contributed by atoms with Crippen molar-refractivity contribution in [2.45, 2.75) is 26.7 Å². The van der Waals surface area contributed by atoms with Crippen LogP contribution in [0.1, 0.15) is 31.5 Å². The Morgan fingerprint density at radius 1 is 1.50 bits per heavy atom. The third-order valence-corrected chi connectivity index (χ3v) is 2.79. The van der Waals surface area contributed by atoms with Crippen molar-refractivity contribution in [2.75, 3.05) is 0 Å². The molecule has 4 heteroatoms. The molecule has 1 heterocycles. The van der Waals surface area contributed by atoms with Crippen LogP contribution in [0.15, 0.2) is 11.4 Å². The monoisotopic (exact) mass is 193 g/mol. The predicted octanol–water partition coefficient (Wildman–Crippen LogP) is 1.57. The van der Waals surface area contributed by atoms with Crippen molar-refractivity contribution < 1.29 is 5.21 Å². The predicted molar refractivity (Wildman–Crippen MR) is 53.6 cm³/mol. The van der Waals surface area contributed by atoms with Crippen LogP contribution in [-0.4, -0.2) is 20.7 Å². The van der Waals surface area contributed by atoms with Gasteiger partial charge in [-0.15, -0.1) is 0 Å². The molecule has 0 saturated carbocycles. The number of rotatable bonds is 0. The van der Waals surface area contributed by atoms with Crippen LogP contribution in [0.3, 0.4) is 0 Å². The highest BCUT2D eigenvalue weighted by molar-refractivity contribution is 6.02. The Hall–Kier alpha value is -1.32. The Balaban J connectivity index is 2.54. The van der Waals surface area contributed by atoms with Crippen LogP contribution in [-0.2, 0) is 13.5 Å². The van der Waals surface area contributed by atoms with E-state index in [4.69, 9.17) is 5.21 Å². The number of hydrogen-bond acceptors (Lipinski definition) is 3. The molecule has 1 aromatic heterocycles. The molecule has 1 aliphatic rings. The third-order valence-electron chi connectivity index (χ3n) is 2.79. The highest BCUT2D eigenvalue weighted by Crippen LogP contribution is 2.34. The fourth-order valence-corrected chi connectivity index (χ4v) is 2.07. The van der Waals surface area contributed by atoms with Gasteiger partial charge in [-0.25, -0.2) is 0 Å². The second kappa shape index (κ2) is 2.83. The molecule has 0 unspecified atom stereocenters. The Morgan fingerprint density at radius 3 is 2.86 bits per heavy atom. The minimum Gasteiger partial charge on any atom is -0.411 e. The standard InChI is InChI=1S/C10H15N3O/c1-10(2)4-8(12-14)7-6-11-13(3)9(7)5-10/h6,14H,4-5H2,1-3H3/b12-8-. The van der Waals surface area contributed by atoms with Crippen molar-refractivity contribution >= 4 is 5.71 Å². The lowest BCUT2D eigenvalue weighted by Crippen LogP contribution is -2.28. The van der Waals surface area contributed by atoms with Crippen molar-refractivity contribution in [3.8, 4) is 0 Å². The zero-order valence-electron chi connectivity index (χ0n) is 8.78. The molecule has 1 aliphatic carbocycles. The van der Waals surface area contributed by atoms with E-state index in [1.54, 1.807) is 6.20 Å². The van der Waals surface area contributed by atoms with E-state index in [0.29, 0.717) is 0 Å². The molecule has 4 nitrogen and oxygen atoms in total. The molecule has 2 rings (SSSR count). The maximum absolute atomic E-state index is 8.93. The van der Waals surface area contributed by atoms with Crippen molar-refractivity contribution in [2.24, 2.45) is 17.6 Å². The Labute approximate surface area is 83.2 Å². The Bertz CT molecular complexity index is 390. The molecule has 0 aromatic carbocycles. The minimum absolute atomic E-state index is 0.155. The van der Waals surface area contributed by atoms with Gasteiger partial charge in [0.15, 0.2) is 0 Å². The molecular formula is C10H15N3O. The largest absolute Gasteiger partial charge is 0.411 e. The first-order valence-corrected chi connectivity index (χ1v) is 4.76. The molecule has 76 valence electrons. The number of fused-ring (bicyclic) bond motifs is 1.